The number of nitrogen functional groups attached to an aromatic ring is 1. The number of nitrogens with two attached hydrogens (primary N) is 1. The van der Waals surface area contributed by atoms with Gasteiger partial charge in [-0.1, -0.05) is 6.08 Å². The number of aryl methyl sites for hydroxylation is 1. The minimum Gasteiger partial charge on any atom is -0.369 e. The first-order valence-corrected chi connectivity index (χ1v) is 5.12. The highest BCUT2D eigenvalue weighted by Gasteiger charge is 2.13. The van der Waals surface area contributed by atoms with Crippen molar-refractivity contribution in [1.82, 2.24) is 19.1 Å². The van der Waals surface area contributed by atoms with Crippen molar-refractivity contribution >= 4 is 17.1 Å². The van der Waals surface area contributed by atoms with E-state index in [4.69, 9.17) is 5.73 Å². The predicted octanol–water partition coefficient (Wildman–Crippen LogP) is -0.418. The minimum atomic E-state index is -0.427. The van der Waals surface area contributed by atoms with Gasteiger partial charge in [0.15, 0.2) is 17.1 Å². The molecule has 2 aromatic rings. The molecule has 0 aromatic carbocycles. The third-order valence-electron chi connectivity index (χ3n) is 2.55. The SMILES string of the molecule is C=CCCn1c(=O)n(C)c(=O)c2[nH]c(N)nc21. The summed E-state index contributed by atoms with van der Waals surface area (Å²) < 4.78 is 2.44. The number of aromatic nitrogens is 4. The van der Waals surface area contributed by atoms with Crippen molar-refractivity contribution in [3.8, 4) is 0 Å². The van der Waals surface area contributed by atoms with E-state index in [1.54, 1.807) is 6.08 Å². The van der Waals surface area contributed by atoms with E-state index in [1.165, 1.54) is 11.6 Å². The van der Waals surface area contributed by atoms with E-state index < -0.39 is 11.2 Å². The molecule has 17 heavy (non-hydrogen) atoms. The Bertz CT molecular complexity index is 691. The summed E-state index contributed by atoms with van der Waals surface area (Å²) in [6.45, 7) is 4.01. The number of nitrogens with zero attached hydrogens (tertiary/aromatic N) is 3. The molecule has 0 unspecified atom stereocenters. The molecule has 2 heterocycles. The van der Waals surface area contributed by atoms with Crippen LogP contribution in [0.2, 0.25) is 0 Å². The molecule has 0 saturated heterocycles. The quantitative estimate of drug-likeness (QED) is 0.706. The first kappa shape index (κ1) is 11.2. The molecule has 0 radical (unpaired) electrons. The second-order valence-corrected chi connectivity index (χ2v) is 3.70. The molecular weight excluding hydrogens is 222 g/mol. The van der Waals surface area contributed by atoms with Gasteiger partial charge in [-0.05, 0) is 6.42 Å². The fraction of sp³-hybridized carbons (Fsp3) is 0.300. The molecule has 0 aliphatic heterocycles. The first-order valence-electron chi connectivity index (χ1n) is 5.12. The molecule has 0 aliphatic carbocycles. The average molecular weight is 235 g/mol. The van der Waals surface area contributed by atoms with Crippen molar-refractivity contribution in [2.45, 2.75) is 13.0 Å². The zero-order valence-corrected chi connectivity index (χ0v) is 9.43. The van der Waals surface area contributed by atoms with Crippen LogP contribution in [0, 0.1) is 0 Å². The van der Waals surface area contributed by atoms with Crippen LogP contribution in [0.3, 0.4) is 0 Å². The molecule has 2 aromatic heterocycles. The molecule has 0 amide bonds. The number of rotatable bonds is 3. The topological polar surface area (TPSA) is 98.7 Å². The number of H-pyrrole nitrogens is 1. The standard InChI is InChI=1S/C10H13N5O2/c1-3-4-5-15-7-6(12-9(11)13-7)8(16)14(2)10(15)17/h3H,1,4-5H2,2H3,(H3,11,12,13). The maximum absolute atomic E-state index is 11.9. The number of fused-ring (bicyclic) bond motifs is 1. The number of imidazole rings is 1. The van der Waals surface area contributed by atoms with Crippen LogP contribution in [-0.2, 0) is 13.6 Å². The Hall–Kier alpha value is -2.31. The van der Waals surface area contributed by atoms with E-state index >= 15 is 0 Å². The number of hydrogen-bond donors (Lipinski definition) is 2. The van der Waals surface area contributed by atoms with Crippen LogP contribution < -0.4 is 17.0 Å². The highest BCUT2D eigenvalue weighted by molar-refractivity contribution is 5.72. The number of allylic oxidation sites excluding steroid dienone is 1. The summed E-state index contributed by atoms with van der Waals surface area (Å²) in [6.07, 6.45) is 2.30. The number of hydrogen-bond acceptors (Lipinski definition) is 4. The van der Waals surface area contributed by atoms with Crippen molar-refractivity contribution in [1.29, 1.82) is 0 Å². The Balaban J connectivity index is 2.84. The molecule has 0 saturated carbocycles. The molecule has 7 heteroatoms. The van der Waals surface area contributed by atoms with Crippen LogP contribution in [0.1, 0.15) is 6.42 Å². The lowest BCUT2D eigenvalue weighted by Gasteiger charge is -2.06. The van der Waals surface area contributed by atoms with Gasteiger partial charge in [0.2, 0.25) is 0 Å². The van der Waals surface area contributed by atoms with E-state index in [9.17, 15) is 9.59 Å². The second-order valence-electron chi connectivity index (χ2n) is 3.70. The Labute approximate surface area is 96.2 Å². The Kier molecular flexibility index (Phi) is 2.58. The fourth-order valence-corrected chi connectivity index (χ4v) is 1.67. The van der Waals surface area contributed by atoms with Gasteiger partial charge in [0, 0.05) is 13.6 Å². The zero-order valence-electron chi connectivity index (χ0n) is 9.43. The van der Waals surface area contributed by atoms with E-state index in [0.29, 0.717) is 13.0 Å². The maximum Gasteiger partial charge on any atom is 0.332 e. The number of nitrogens with one attached hydrogen (secondary N) is 1. The van der Waals surface area contributed by atoms with Crippen molar-refractivity contribution in [2.24, 2.45) is 7.05 Å². The monoisotopic (exact) mass is 235 g/mol. The maximum atomic E-state index is 11.9. The van der Waals surface area contributed by atoms with Crippen molar-refractivity contribution in [2.75, 3.05) is 5.73 Å². The van der Waals surface area contributed by atoms with E-state index in [2.05, 4.69) is 16.5 Å². The van der Waals surface area contributed by atoms with E-state index in [-0.39, 0.29) is 17.1 Å². The van der Waals surface area contributed by atoms with Gasteiger partial charge in [0.1, 0.15) is 0 Å². The van der Waals surface area contributed by atoms with Crippen LogP contribution in [0.25, 0.3) is 11.2 Å². The van der Waals surface area contributed by atoms with Crippen LogP contribution in [0.4, 0.5) is 5.95 Å². The number of anilines is 1. The van der Waals surface area contributed by atoms with Gasteiger partial charge in [-0.3, -0.25) is 13.9 Å². The van der Waals surface area contributed by atoms with E-state index in [0.717, 1.165) is 4.57 Å². The summed E-state index contributed by atoms with van der Waals surface area (Å²) in [4.78, 5) is 30.3. The van der Waals surface area contributed by atoms with Crippen LogP contribution in [-0.4, -0.2) is 19.1 Å². The molecule has 0 bridgehead atoms. The highest BCUT2D eigenvalue weighted by atomic mass is 16.2. The largest absolute Gasteiger partial charge is 0.369 e. The molecule has 0 atom stereocenters. The van der Waals surface area contributed by atoms with Crippen LogP contribution in [0.5, 0.6) is 0 Å². The third kappa shape index (κ3) is 1.65. The average Bonchev–Trinajstić information content (AvgIpc) is 2.68. The van der Waals surface area contributed by atoms with Gasteiger partial charge in [-0.15, -0.1) is 6.58 Å². The normalized spacial score (nSPS) is 10.9. The highest BCUT2D eigenvalue weighted by Crippen LogP contribution is 2.06. The summed E-state index contributed by atoms with van der Waals surface area (Å²) in [6, 6.07) is 0. The fourth-order valence-electron chi connectivity index (χ4n) is 1.67. The summed E-state index contributed by atoms with van der Waals surface area (Å²) in [5, 5.41) is 0. The van der Waals surface area contributed by atoms with Gasteiger partial charge in [0.25, 0.3) is 5.56 Å². The van der Waals surface area contributed by atoms with Gasteiger partial charge < -0.3 is 10.7 Å². The molecule has 90 valence electrons. The zero-order chi connectivity index (χ0) is 12.6. The van der Waals surface area contributed by atoms with Gasteiger partial charge in [-0.2, -0.15) is 4.98 Å². The second kappa shape index (κ2) is 3.93. The lowest BCUT2D eigenvalue weighted by Crippen LogP contribution is -2.38. The van der Waals surface area contributed by atoms with Crippen molar-refractivity contribution in [3.63, 3.8) is 0 Å². The predicted molar refractivity (Wildman–Crippen MR) is 64.8 cm³/mol. The van der Waals surface area contributed by atoms with Gasteiger partial charge in [-0.25, -0.2) is 4.79 Å². The molecule has 3 N–H and O–H groups in total. The lowest BCUT2D eigenvalue weighted by atomic mass is 10.4. The number of aromatic amines is 1. The molecule has 2 rings (SSSR count). The summed E-state index contributed by atoms with van der Waals surface area (Å²) in [5.41, 5.74) is 5.21. The van der Waals surface area contributed by atoms with E-state index in [1.807, 2.05) is 0 Å². The lowest BCUT2D eigenvalue weighted by molar-refractivity contribution is 0.627. The van der Waals surface area contributed by atoms with Crippen LogP contribution >= 0.6 is 0 Å². The smallest absolute Gasteiger partial charge is 0.332 e. The summed E-state index contributed by atoms with van der Waals surface area (Å²) >= 11 is 0. The van der Waals surface area contributed by atoms with Crippen LogP contribution in [0.15, 0.2) is 22.2 Å². The summed E-state index contributed by atoms with van der Waals surface area (Å²) in [5.74, 6) is 0.120. The Morgan fingerprint density at radius 1 is 1.53 bits per heavy atom. The third-order valence-corrected chi connectivity index (χ3v) is 2.55. The molecular formula is C10H13N5O2. The van der Waals surface area contributed by atoms with Crippen molar-refractivity contribution in [3.05, 3.63) is 33.5 Å². The molecule has 7 nitrogen and oxygen atoms in total. The molecule has 0 spiro atoms. The van der Waals surface area contributed by atoms with Gasteiger partial charge in [0.05, 0.1) is 0 Å². The molecule has 0 fully saturated rings. The molecule has 0 aliphatic rings. The Morgan fingerprint density at radius 3 is 2.88 bits per heavy atom. The van der Waals surface area contributed by atoms with Gasteiger partial charge >= 0.3 is 5.69 Å². The summed E-state index contributed by atoms with van der Waals surface area (Å²) in [7, 11) is 1.42. The Morgan fingerprint density at radius 2 is 2.24 bits per heavy atom. The van der Waals surface area contributed by atoms with Crippen molar-refractivity contribution < 1.29 is 0 Å². The first-order chi connectivity index (χ1) is 8.06. The minimum absolute atomic E-state index is 0.120.